The molecule has 1 N–H and O–H groups in total. The molecule has 1 heterocycles. The van der Waals surface area contributed by atoms with Crippen LogP contribution in [0.4, 0.5) is 5.69 Å². The topological polar surface area (TPSA) is 58.6 Å². The molecule has 0 aliphatic carbocycles. The second kappa shape index (κ2) is 10.3. The lowest BCUT2D eigenvalue weighted by Crippen LogP contribution is -2.27. The number of nitrogens with zero attached hydrogens (tertiary/aromatic N) is 1. The van der Waals surface area contributed by atoms with Gasteiger partial charge in [0.2, 0.25) is 5.91 Å². The largest absolute Gasteiger partial charge is 0.491 e. The van der Waals surface area contributed by atoms with Gasteiger partial charge in [-0.05, 0) is 73.5 Å². The molecule has 0 bridgehead atoms. The van der Waals surface area contributed by atoms with Crippen LogP contribution in [0, 0.1) is 0 Å². The summed E-state index contributed by atoms with van der Waals surface area (Å²) in [5, 5.41) is 3.49. The second-order valence-corrected chi connectivity index (χ2v) is 9.58. The first-order chi connectivity index (χ1) is 15.9. The molecule has 5 nitrogen and oxygen atoms in total. The minimum Gasteiger partial charge on any atom is -0.491 e. The third kappa shape index (κ3) is 5.89. The molecule has 0 aromatic heterocycles. The summed E-state index contributed by atoms with van der Waals surface area (Å²) < 4.78 is 5.63. The fourth-order valence-electron chi connectivity index (χ4n) is 3.58. The minimum absolute atomic E-state index is 0.0845. The first kappa shape index (κ1) is 23.2. The number of halogens is 1. The molecule has 170 valence electrons. The molecule has 0 radical (unpaired) electrons. The van der Waals surface area contributed by atoms with Crippen molar-refractivity contribution in [2.24, 2.45) is 0 Å². The number of amides is 2. The van der Waals surface area contributed by atoms with E-state index in [-0.39, 0.29) is 23.3 Å². The van der Waals surface area contributed by atoms with E-state index in [0.29, 0.717) is 28.6 Å². The van der Waals surface area contributed by atoms with Crippen LogP contribution in [-0.2, 0) is 11.3 Å². The van der Waals surface area contributed by atoms with E-state index in [9.17, 15) is 9.59 Å². The highest BCUT2D eigenvalue weighted by Gasteiger charge is 2.32. The van der Waals surface area contributed by atoms with Crippen LogP contribution < -0.4 is 10.1 Å². The van der Waals surface area contributed by atoms with E-state index in [1.165, 1.54) is 0 Å². The number of rotatable bonds is 7. The Balaban J connectivity index is 1.41. The van der Waals surface area contributed by atoms with Crippen molar-refractivity contribution in [1.82, 2.24) is 4.90 Å². The maximum absolute atomic E-state index is 12.7. The van der Waals surface area contributed by atoms with Crippen molar-refractivity contribution in [3.63, 3.8) is 0 Å². The number of carbonyl (C=O) groups is 2. The Hall–Kier alpha value is -2.96. The van der Waals surface area contributed by atoms with Gasteiger partial charge in [-0.2, -0.15) is 0 Å². The summed E-state index contributed by atoms with van der Waals surface area (Å²) in [7, 11) is 0. The molecule has 1 saturated heterocycles. The number of benzene rings is 3. The summed E-state index contributed by atoms with van der Waals surface area (Å²) >= 11 is 7.57. The average Bonchev–Trinajstić information content (AvgIpc) is 3.16. The summed E-state index contributed by atoms with van der Waals surface area (Å²) in [6.45, 7) is 4.46. The van der Waals surface area contributed by atoms with Gasteiger partial charge < -0.3 is 15.0 Å². The molecule has 1 fully saturated rings. The standard InChI is InChI=1S/C26H25ClN2O3S/c1-17(2)32-23-13-11-22(12-14-23)28-25(31)19-5-7-20(8-6-19)26-29(24(30)16-33-26)15-18-3-9-21(27)10-4-18/h3-14,17,26H,15-16H2,1-2H3,(H,28,31)/t26-/m0/s1. The SMILES string of the molecule is CC(C)Oc1ccc(NC(=O)c2ccc([C@@H]3SCC(=O)N3Cc3ccc(Cl)cc3)cc2)cc1. The Morgan fingerprint density at radius 1 is 1.06 bits per heavy atom. The monoisotopic (exact) mass is 480 g/mol. The highest BCUT2D eigenvalue weighted by atomic mass is 35.5. The fraction of sp³-hybridized carbons (Fsp3) is 0.231. The average molecular weight is 481 g/mol. The summed E-state index contributed by atoms with van der Waals surface area (Å²) in [5.74, 6) is 1.12. The molecular weight excluding hydrogens is 456 g/mol. The number of ether oxygens (including phenoxy) is 1. The minimum atomic E-state index is -0.188. The normalized spacial score (nSPS) is 15.7. The molecule has 0 spiro atoms. The Morgan fingerprint density at radius 3 is 2.36 bits per heavy atom. The quantitative estimate of drug-likeness (QED) is 0.440. The number of nitrogens with one attached hydrogen (secondary N) is 1. The lowest BCUT2D eigenvalue weighted by atomic mass is 10.1. The van der Waals surface area contributed by atoms with Crippen molar-refractivity contribution in [3.05, 3.63) is 94.5 Å². The van der Waals surface area contributed by atoms with E-state index < -0.39 is 0 Å². The lowest BCUT2D eigenvalue weighted by Gasteiger charge is -2.24. The second-order valence-electron chi connectivity index (χ2n) is 8.08. The van der Waals surface area contributed by atoms with Crippen molar-refractivity contribution >= 4 is 40.9 Å². The van der Waals surface area contributed by atoms with Crippen LogP contribution in [0.15, 0.2) is 72.8 Å². The maximum atomic E-state index is 12.7. The number of carbonyl (C=O) groups excluding carboxylic acids is 2. The van der Waals surface area contributed by atoms with Gasteiger partial charge in [0.05, 0.1) is 11.9 Å². The van der Waals surface area contributed by atoms with Crippen LogP contribution in [0.2, 0.25) is 5.02 Å². The molecule has 0 unspecified atom stereocenters. The van der Waals surface area contributed by atoms with Gasteiger partial charge in [-0.3, -0.25) is 9.59 Å². The Bertz CT molecular complexity index is 1120. The van der Waals surface area contributed by atoms with Crippen LogP contribution >= 0.6 is 23.4 Å². The Labute approximate surface area is 203 Å². The number of thioether (sulfide) groups is 1. The number of hydrogen-bond acceptors (Lipinski definition) is 4. The maximum Gasteiger partial charge on any atom is 0.255 e. The van der Waals surface area contributed by atoms with Gasteiger partial charge in [0, 0.05) is 22.8 Å². The number of anilines is 1. The zero-order valence-corrected chi connectivity index (χ0v) is 20.0. The van der Waals surface area contributed by atoms with E-state index in [0.717, 1.165) is 16.9 Å². The predicted octanol–water partition coefficient (Wildman–Crippen LogP) is 6.15. The van der Waals surface area contributed by atoms with Gasteiger partial charge in [-0.25, -0.2) is 0 Å². The van der Waals surface area contributed by atoms with Crippen molar-refractivity contribution in [2.75, 3.05) is 11.1 Å². The molecule has 2 amide bonds. The van der Waals surface area contributed by atoms with Crippen molar-refractivity contribution < 1.29 is 14.3 Å². The molecule has 0 saturated carbocycles. The Morgan fingerprint density at radius 2 is 1.73 bits per heavy atom. The van der Waals surface area contributed by atoms with E-state index in [1.54, 1.807) is 23.9 Å². The fourth-order valence-corrected chi connectivity index (χ4v) is 4.89. The van der Waals surface area contributed by atoms with Crippen molar-refractivity contribution in [3.8, 4) is 5.75 Å². The van der Waals surface area contributed by atoms with Gasteiger partial charge in [-0.1, -0.05) is 35.9 Å². The van der Waals surface area contributed by atoms with E-state index in [1.807, 2.05) is 79.4 Å². The zero-order valence-electron chi connectivity index (χ0n) is 18.5. The van der Waals surface area contributed by atoms with Gasteiger partial charge >= 0.3 is 0 Å². The van der Waals surface area contributed by atoms with Gasteiger partial charge in [0.25, 0.3) is 5.91 Å². The summed E-state index contributed by atoms with van der Waals surface area (Å²) in [5.41, 5.74) is 3.28. The zero-order chi connectivity index (χ0) is 23.4. The van der Waals surface area contributed by atoms with Crippen LogP contribution in [0.25, 0.3) is 0 Å². The van der Waals surface area contributed by atoms with Gasteiger partial charge in [0.1, 0.15) is 11.1 Å². The number of hydrogen-bond donors (Lipinski definition) is 1. The van der Waals surface area contributed by atoms with Crippen molar-refractivity contribution in [1.29, 1.82) is 0 Å². The summed E-state index contributed by atoms with van der Waals surface area (Å²) in [6, 6.07) is 22.3. The molecule has 1 atom stereocenters. The molecule has 1 aliphatic heterocycles. The van der Waals surface area contributed by atoms with Crippen LogP contribution in [-0.4, -0.2) is 28.6 Å². The van der Waals surface area contributed by atoms with E-state index in [4.69, 9.17) is 16.3 Å². The van der Waals surface area contributed by atoms with Crippen molar-refractivity contribution in [2.45, 2.75) is 31.9 Å². The summed E-state index contributed by atoms with van der Waals surface area (Å²) in [4.78, 5) is 27.0. The molecule has 3 aromatic rings. The third-order valence-corrected chi connectivity index (χ3v) is 6.68. The first-order valence-corrected chi connectivity index (χ1v) is 12.2. The highest BCUT2D eigenvalue weighted by Crippen LogP contribution is 2.39. The lowest BCUT2D eigenvalue weighted by molar-refractivity contribution is -0.128. The van der Waals surface area contributed by atoms with Crippen LogP contribution in [0.5, 0.6) is 5.75 Å². The molecule has 1 aliphatic rings. The molecular formula is C26H25ClN2O3S. The summed E-state index contributed by atoms with van der Waals surface area (Å²) in [6.07, 6.45) is 0.0967. The third-order valence-electron chi connectivity index (χ3n) is 5.18. The van der Waals surface area contributed by atoms with Crippen LogP contribution in [0.1, 0.15) is 40.7 Å². The van der Waals surface area contributed by atoms with Gasteiger partial charge in [-0.15, -0.1) is 11.8 Å². The first-order valence-electron chi connectivity index (χ1n) is 10.7. The molecule has 33 heavy (non-hydrogen) atoms. The van der Waals surface area contributed by atoms with Crippen LogP contribution in [0.3, 0.4) is 0 Å². The Kier molecular flexibility index (Phi) is 7.26. The smallest absolute Gasteiger partial charge is 0.255 e. The molecule has 7 heteroatoms. The predicted molar refractivity (Wildman–Crippen MR) is 134 cm³/mol. The molecule has 4 rings (SSSR count). The van der Waals surface area contributed by atoms with E-state index >= 15 is 0 Å². The molecule has 3 aromatic carbocycles. The van der Waals surface area contributed by atoms with E-state index in [2.05, 4.69) is 5.32 Å². The highest BCUT2D eigenvalue weighted by molar-refractivity contribution is 8.00. The van der Waals surface area contributed by atoms with Gasteiger partial charge in [0.15, 0.2) is 0 Å².